The van der Waals surface area contributed by atoms with Crippen molar-refractivity contribution in [3.05, 3.63) is 0 Å². The molecule has 0 radical (unpaired) electrons. The molecule has 37 heavy (non-hydrogen) atoms. The van der Waals surface area contributed by atoms with Gasteiger partial charge in [-0.2, -0.15) is 0 Å². The molecule has 2 saturated heterocycles. The highest BCUT2D eigenvalue weighted by Crippen LogP contribution is 2.72. The maximum Gasteiger partial charge on any atom is 0.195 e. The van der Waals surface area contributed by atoms with Crippen molar-refractivity contribution < 1.29 is 24.1 Å². The van der Waals surface area contributed by atoms with Crippen molar-refractivity contribution in [1.29, 1.82) is 0 Å². The van der Waals surface area contributed by atoms with E-state index in [2.05, 4.69) is 46.5 Å². The summed E-state index contributed by atoms with van der Waals surface area (Å²) in [5, 5.41) is 9.74. The Labute approximate surface area is 224 Å². The Morgan fingerprint density at radius 1 is 0.865 bits per heavy atom. The minimum atomic E-state index is -0.864. The highest BCUT2D eigenvalue weighted by atomic mass is 16.9. The van der Waals surface area contributed by atoms with Crippen LogP contribution in [0.4, 0.5) is 0 Å². The van der Waals surface area contributed by atoms with Gasteiger partial charge in [-0.3, -0.25) is 0 Å². The molecule has 5 nitrogen and oxygen atoms in total. The Bertz CT molecular complexity index is 937. The lowest BCUT2D eigenvalue weighted by molar-refractivity contribution is -0.526. The van der Waals surface area contributed by atoms with Crippen LogP contribution < -0.4 is 0 Å². The Morgan fingerprint density at radius 2 is 1.57 bits per heavy atom. The van der Waals surface area contributed by atoms with Crippen LogP contribution >= 0.6 is 0 Å². The molecule has 1 N–H and O–H groups in total. The lowest BCUT2D eigenvalue weighted by Gasteiger charge is -2.68. The zero-order chi connectivity index (χ0) is 26.3. The van der Waals surface area contributed by atoms with Crippen LogP contribution in [0.5, 0.6) is 0 Å². The maximum atomic E-state index is 9.74. The number of hydrogen-bond acceptors (Lipinski definition) is 5. The lowest BCUT2D eigenvalue weighted by atomic mass is 9.42. The molecule has 0 bridgehead atoms. The van der Waals surface area contributed by atoms with Gasteiger partial charge in [-0.25, -0.2) is 0 Å². The van der Waals surface area contributed by atoms with Crippen LogP contribution in [0.25, 0.3) is 0 Å². The molecule has 0 aromatic heterocycles. The summed E-state index contributed by atoms with van der Waals surface area (Å²) in [7, 11) is 0. The minimum Gasteiger partial charge on any atom is -0.391 e. The first-order valence-corrected chi connectivity index (χ1v) is 15.3. The lowest BCUT2D eigenvalue weighted by Crippen LogP contribution is -2.71. The van der Waals surface area contributed by atoms with Crippen LogP contribution in [-0.4, -0.2) is 42.3 Å². The number of rotatable bonds is 3. The second kappa shape index (κ2) is 8.93. The van der Waals surface area contributed by atoms with E-state index in [1.807, 2.05) is 6.92 Å². The van der Waals surface area contributed by atoms with Crippen LogP contribution in [-0.2, 0) is 18.9 Å². The molecule has 2 spiro atoms. The summed E-state index contributed by atoms with van der Waals surface area (Å²) in [4.78, 5) is 0. The molecule has 4 aliphatic carbocycles. The van der Waals surface area contributed by atoms with Gasteiger partial charge in [0.1, 0.15) is 0 Å². The summed E-state index contributed by atoms with van der Waals surface area (Å²) in [6, 6.07) is 0. The topological polar surface area (TPSA) is 57.2 Å². The number of aliphatic hydroxyl groups is 1. The fourth-order valence-electron chi connectivity index (χ4n) is 10.6. The molecule has 2 heterocycles. The maximum absolute atomic E-state index is 9.74. The molecule has 0 aromatic carbocycles. The average Bonchev–Trinajstić information content (AvgIpc) is 3.44. The van der Waals surface area contributed by atoms with Crippen molar-refractivity contribution in [3.8, 4) is 11.8 Å². The molecule has 4 saturated carbocycles. The van der Waals surface area contributed by atoms with E-state index < -0.39 is 17.4 Å². The highest BCUT2D eigenvalue weighted by molar-refractivity contribution is 5.16. The third-order valence-corrected chi connectivity index (χ3v) is 12.1. The van der Waals surface area contributed by atoms with E-state index in [9.17, 15) is 5.11 Å². The minimum absolute atomic E-state index is 0.109. The van der Waals surface area contributed by atoms with E-state index in [-0.39, 0.29) is 17.9 Å². The summed E-state index contributed by atoms with van der Waals surface area (Å²) >= 11 is 0. The monoisotopic (exact) mass is 514 g/mol. The Balaban J connectivity index is 1.26. The smallest absolute Gasteiger partial charge is 0.195 e. The van der Waals surface area contributed by atoms with Crippen molar-refractivity contribution in [2.45, 2.75) is 117 Å². The van der Waals surface area contributed by atoms with Crippen molar-refractivity contribution in [2.24, 2.45) is 52.3 Å². The molecule has 5 heteroatoms. The van der Waals surface area contributed by atoms with Gasteiger partial charge in [0, 0.05) is 37.5 Å². The third kappa shape index (κ3) is 3.99. The molecule has 6 rings (SSSR count). The molecule has 0 amide bonds. The van der Waals surface area contributed by atoms with E-state index in [0.717, 1.165) is 43.9 Å². The Morgan fingerprint density at radius 3 is 2.24 bits per heavy atom. The van der Waals surface area contributed by atoms with E-state index in [1.54, 1.807) is 0 Å². The Hall–Kier alpha value is -0.640. The third-order valence-electron chi connectivity index (χ3n) is 12.1. The molecule has 2 aliphatic heterocycles. The SMILES string of the molecule is CC(C)C#CC[C@@H](C)[C@H]1CC[C@H]2[C@@H]3CC4(OCCO4)C4CC5(CC[C@]4(C)[C@H]3CC[C@]12C)OC(C)(CO)O5. The number of fused-ring (bicyclic) bond motifs is 6. The molecule has 0 aromatic rings. The first kappa shape index (κ1) is 26.6. The largest absolute Gasteiger partial charge is 0.391 e. The molecule has 208 valence electrons. The average molecular weight is 515 g/mol. The van der Waals surface area contributed by atoms with Crippen molar-refractivity contribution in [3.63, 3.8) is 0 Å². The first-order chi connectivity index (χ1) is 17.5. The summed E-state index contributed by atoms with van der Waals surface area (Å²) in [5.74, 6) is 9.15. The van der Waals surface area contributed by atoms with Crippen molar-refractivity contribution >= 4 is 0 Å². The van der Waals surface area contributed by atoms with Gasteiger partial charge in [-0.15, -0.1) is 11.8 Å². The molecule has 6 fully saturated rings. The molecular weight excluding hydrogens is 464 g/mol. The van der Waals surface area contributed by atoms with Crippen molar-refractivity contribution in [1.82, 2.24) is 0 Å². The zero-order valence-electron chi connectivity index (χ0n) is 24.1. The van der Waals surface area contributed by atoms with Crippen LogP contribution in [0.15, 0.2) is 0 Å². The van der Waals surface area contributed by atoms with Crippen LogP contribution in [0.1, 0.15) is 99.3 Å². The van der Waals surface area contributed by atoms with E-state index in [0.29, 0.717) is 42.3 Å². The van der Waals surface area contributed by atoms with Gasteiger partial charge in [0.05, 0.1) is 19.8 Å². The van der Waals surface area contributed by atoms with Crippen LogP contribution in [0, 0.1) is 64.1 Å². The fraction of sp³-hybridized carbons (Fsp3) is 0.938. The van der Waals surface area contributed by atoms with E-state index in [4.69, 9.17) is 18.9 Å². The predicted molar refractivity (Wildman–Crippen MR) is 142 cm³/mol. The fourth-order valence-corrected chi connectivity index (χ4v) is 10.6. The van der Waals surface area contributed by atoms with E-state index in [1.165, 1.54) is 25.7 Å². The van der Waals surface area contributed by atoms with Gasteiger partial charge < -0.3 is 24.1 Å². The zero-order valence-corrected chi connectivity index (χ0v) is 24.1. The van der Waals surface area contributed by atoms with Gasteiger partial charge in [0.25, 0.3) is 0 Å². The van der Waals surface area contributed by atoms with E-state index >= 15 is 0 Å². The second-order valence-electron chi connectivity index (χ2n) is 14.6. The number of ether oxygens (including phenoxy) is 4. The normalized spacial score (nSPS) is 50.6. The Kier molecular flexibility index (Phi) is 6.42. The molecule has 1 unspecified atom stereocenters. The van der Waals surface area contributed by atoms with Gasteiger partial charge in [0.2, 0.25) is 0 Å². The number of aliphatic hydroxyl groups excluding tert-OH is 1. The molecule has 6 aliphatic rings. The van der Waals surface area contributed by atoms with Crippen molar-refractivity contribution in [2.75, 3.05) is 19.8 Å². The summed E-state index contributed by atoms with van der Waals surface area (Å²) in [6.45, 7) is 15.1. The van der Waals surface area contributed by atoms with Gasteiger partial charge >= 0.3 is 0 Å². The summed E-state index contributed by atoms with van der Waals surface area (Å²) in [6.07, 6.45) is 10.1. The summed E-state index contributed by atoms with van der Waals surface area (Å²) in [5.41, 5.74) is 0.548. The molecular formula is C32H50O5. The standard InChI is InChI=1S/C32H50O5/c1-21(2)8-7-9-22(3)24-10-11-25-23-18-32(34-16-17-35-32)27-19-31(36-30(6,20-33)37-31)15-14-29(27,5)26(23)12-13-28(24,25)4/h21-27,33H,9-20H2,1-6H3/t22-,23+,24-,25+,26+,27?,28-,29-,30?,31?/m1/s1. The van der Waals surface area contributed by atoms with Crippen LogP contribution in [0.3, 0.4) is 0 Å². The van der Waals surface area contributed by atoms with Gasteiger partial charge in [-0.05, 0) is 79.4 Å². The second-order valence-corrected chi connectivity index (χ2v) is 14.6. The quantitative estimate of drug-likeness (QED) is 0.459. The van der Waals surface area contributed by atoms with Gasteiger partial charge in [0.15, 0.2) is 17.4 Å². The predicted octanol–water partition coefficient (Wildman–Crippen LogP) is 6.14. The molecule has 8 atom stereocenters. The van der Waals surface area contributed by atoms with Crippen LogP contribution in [0.2, 0.25) is 0 Å². The van der Waals surface area contributed by atoms with Gasteiger partial charge in [-0.1, -0.05) is 34.6 Å². The summed E-state index contributed by atoms with van der Waals surface area (Å²) < 4.78 is 25.9. The number of hydrogen-bond donors (Lipinski definition) is 1. The highest BCUT2D eigenvalue weighted by Gasteiger charge is 2.71. The first-order valence-electron chi connectivity index (χ1n) is 15.3.